The first kappa shape index (κ1) is 17.8. The van der Waals surface area contributed by atoms with E-state index in [1.807, 2.05) is 0 Å². The highest BCUT2D eigenvalue weighted by atomic mass is 79.9. The zero-order chi connectivity index (χ0) is 18.1. The summed E-state index contributed by atoms with van der Waals surface area (Å²) in [5, 5.41) is 2.21. The number of amides is 1. The van der Waals surface area contributed by atoms with Gasteiger partial charge in [0.2, 0.25) is 5.91 Å². The fourth-order valence-electron chi connectivity index (χ4n) is 2.08. The van der Waals surface area contributed by atoms with Crippen LogP contribution in [0.15, 0.2) is 40.0 Å². The van der Waals surface area contributed by atoms with E-state index < -0.39 is 28.6 Å². The van der Waals surface area contributed by atoms with Crippen LogP contribution in [-0.2, 0) is 4.79 Å². The topological polar surface area (TPSA) is 57.8 Å². The lowest BCUT2D eigenvalue weighted by Crippen LogP contribution is -2.23. The Morgan fingerprint density at radius 3 is 2.64 bits per heavy atom. The number of anilines is 1. The minimum Gasteiger partial charge on any atom is -0.333 e. The van der Waals surface area contributed by atoms with Crippen molar-refractivity contribution in [1.82, 2.24) is 9.97 Å². The molecule has 0 aliphatic carbocycles. The summed E-state index contributed by atoms with van der Waals surface area (Å²) in [7, 11) is 0. The number of H-pyrrole nitrogens is 1. The number of thioether (sulfide) groups is 1. The third-order valence-electron chi connectivity index (χ3n) is 3.35. The number of carbonyl (C=O) groups is 1. The van der Waals surface area contributed by atoms with Crippen molar-refractivity contribution in [3.63, 3.8) is 0 Å². The van der Waals surface area contributed by atoms with Crippen LogP contribution in [0.25, 0.3) is 11.0 Å². The number of aromatic amines is 1. The highest BCUT2D eigenvalue weighted by Gasteiger charge is 2.18. The van der Waals surface area contributed by atoms with Crippen LogP contribution >= 0.6 is 27.7 Å². The fraction of sp³-hybridized carbons (Fsp3) is 0.125. The summed E-state index contributed by atoms with van der Waals surface area (Å²) in [5.41, 5.74) is 0.648. The first-order valence-corrected chi connectivity index (χ1v) is 8.78. The van der Waals surface area contributed by atoms with E-state index in [2.05, 4.69) is 31.2 Å². The molecular formula is C16H11BrF3N3OS. The monoisotopic (exact) mass is 429 g/mol. The summed E-state index contributed by atoms with van der Waals surface area (Å²) < 4.78 is 40.8. The maximum atomic E-state index is 13.8. The van der Waals surface area contributed by atoms with E-state index in [0.717, 1.165) is 23.9 Å². The molecular weight excluding hydrogens is 419 g/mol. The Kier molecular flexibility index (Phi) is 5.05. The molecule has 1 amide bonds. The van der Waals surface area contributed by atoms with E-state index in [0.29, 0.717) is 15.1 Å². The number of halogens is 4. The second-order valence-corrected chi connectivity index (χ2v) is 7.44. The number of nitrogens with one attached hydrogen (secondary N) is 2. The van der Waals surface area contributed by atoms with Gasteiger partial charge in [0.1, 0.15) is 5.82 Å². The summed E-state index contributed by atoms with van der Waals surface area (Å²) in [6, 6.07) is 6.28. The average molecular weight is 430 g/mol. The molecule has 4 nitrogen and oxygen atoms in total. The summed E-state index contributed by atoms with van der Waals surface area (Å²) in [4.78, 5) is 19.1. The second-order valence-electron chi connectivity index (χ2n) is 5.20. The van der Waals surface area contributed by atoms with Crippen molar-refractivity contribution in [2.24, 2.45) is 0 Å². The molecule has 0 saturated carbocycles. The van der Waals surface area contributed by atoms with Gasteiger partial charge in [0.05, 0.1) is 22.0 Å². The van der Waals surface area contributed by atoms with Crippen molar-refractivity contribution in [3.05, 3.63) is 52.3 Å². The maximum Gasteiger partial charge on any atom is 0.237 e. The smallest absolute Gasteiger partial charge is 0.237 e. The molecule has 3 rings (SSSR count). The molecule has 0 aliphatic rings. The Balaban J connectivity index is 1.72. The number of benzene rings is 2. The van der Waals surface area contributed by atoms with Crippen molar-refractivity contribution in [2.75, 3.05) is 5.32 Å². The lowest BCUT2D eigenvalue weighted by atomic mass is 10.3. The van der Waals surface area contributed by atoms with Crippen LogP contribution in [0.4, 0.5) is 18.9 Å². The number of nitrogens with zero attached hydrogens (tertiary/aromatic N) is 1. The highest BCUT2D eigenvalue weighted by molar-refractivity contribution is 9.10. The van der Waals surface area contributed by atoms with Crippen LogP contribution in [0.3, 0.4) is 0 Å². The van der Waals surface area contributed by atoms with Crippen molar-refractivity contribution < 1.29 is 18.0 Å². The lowest BCUT2D eigenvalue weighted by molar-refractivity contribution is -0.115. The van der Waals surface area contributed by atoms with E-state index in [-0.39, 0.29) is 11.2 Å². The van der Waals surface area contributed by atoms with Gasteiger partial charge in [-0.1, -0.05) is 27.7 Å². The molecule has 1 unspecified atom stereocenters. The van der Waals surface area contributed by atoms with Crippen LogP contribution in [0.2, 0.25) is 0 Å². The molecule has 2 N–H and O–H groups in total. The molecule has 0 fully saturated rings. The number of hydrogen-bond donors (Lipinski definition) is 2. The third-order valence-corrected chi connectivity index (χ3v) is 4.83. The Morgan fingerprint density at radius 1 is 1.20 bits per heavy atom. The average Bonchev–Trinajstić information content (AvgIpc) is 2.91. The van der Waals surface area contributed by atoms with Gasteiger partial charge in [-0.2, -0.15) is 0 Å². The molecule has 0 aliphatic heterocycles. The van der Waals surface area contributed by atoms with E-state index >= 15 is 0 Å². The summed E-state index contributed by atoms with van der Waals surface area (Å²) >= 11 is 4.20. The molecule has 0 bridgehead atoms. The minimum absolute atomic E-state index is 0.0643. The molecule has 130 valence electrons. The van der Waals surface area contributed by atoms with Gasteiger partial charge in [-0.15, -0.1) is 0 Å². The highest BCUT2D eigenvalue weighted by Crippen LogP contribution is 2.26. The molecule has 9 heteroatoms. The molecule has 0 radical (unpaired) electrons. The molecule has 0 spiro atoms. The van der Waals surface area contributed by atoms with Gasteiger partial charge < -0.3 is 10.3 Å². The molecule has 1 aromatic heterocycles. The maximum absolute atomic E-state index is 13.8. The van der Waals surface area contributed by atoms with E-state index in [1.165, 1.54) is 12.1 Å². The summed E-state index contributed by atoms with van der Waals surface area (Å²) in [5.74, 6) is -2.96. The Morgan fingerprint density at radius 2 is 1.92 bits per heavy atom. The van der Waals surface area contributed by atoms with Crippen LogP contribution < -0.4 is 5.32 Å². The van der Waals surface area contributed by atoms with Crippen molar-refractivity contribution in [3.8, 4) is 0 Å². The second kappa shape index (κ2) is 7.09. The van der Waals surface area contributed by atoms with Gasteiger partial charge in [-0.25, -0.2) is 18.2 Å². The van der Waals surface area contributed by atoms with Crippen LogP contribution in [0.5, 0.6) is 0 Å². The van der Waals surface area contributed by atoms with Gasteiger partial charge in [-0.3, -0.25) is 4.79 Å². The standard InChI is InChI=1S/C16H11BrF3N3OS/c1-7(15(24)21-12-3-2-8(17)4-11(12)20)25-16-22-13-5-9(18)10(19)6-14(13)23-16/h2-7H,1H3,(H,21,24)(H,22,23). The van der Waals surface area contributed by atoms with Crippen LogP contribution in [0.1, 0.15) is 6.92 Å². The number of rotatable bonds is 4. The largest absolute Gasteiger partial charge is 0.333 e. The first-order valence-electron chi connectivity index (χ1n) is 7.11. The van der Waals surface area contributed by atoms with E-state index in [9.17, 15) is 18.0 Å². The number of hydrogen-bond acceptors (Lipinski definition) is 3. The number of imidazole rings is 1. The normalized spacial score (nSPS) is 12.4. The molecule has 2 aromatic carbocycles. The molecule has 1 heterocycles. The minimum atomic E-state index is -0.993. The molecule has 3 aromatic rings. The van der Waals surface area contributed by atoms with Gasteiger partial charge in [-0.05, 0) is 25.1 Å². The fourth-order valence-corrected chi connectivity index (χ4v) is 3.24. The number of fused-ring (bicyclic) bond motifs is 1. The lowest BCUT2D eigenvalue weighted by Gasteiger charge is -2.11. The van der Waals surface area contributed by atoms with Crippen LogP contribution in [-0.4, -0.2) is 21.1 Å². The molecule has 0 saturated heterocycles. The third kappa shape index (κ3) is 3.98. The predicted molar refractivity (Wildman–Crippen MR) is 94.1 cm³/mol. The molecule has 1 atom stereocenters. The summed E-state index contributed by atoms with van der Waals surface area (Å²) in [6.45, 7) is 1.62. The quantitative estimate of drug-likeness (QED) is 0.582. The van der Waals surface area contributed by atoms with Gasteiger partial charge >= 0.3 is 0 Å². The summed E-state index contributed by atoms with van der Waals surface area (Å²) in [6.07, 6.45) is 0. The van der Waals surface area contributed by atoms with Gasteiger partial charge in [0, 0.05) is 16.6 Å². The molecule has 25 heavy (non-hydrogen) atoms. The first-order chi connectivity index (χ1) is 11.8. The van der Waals surface area contributed by atoms with Crippen molar-refractivity contribution in [2.45, 2.75) is 17.3 Å². The Labute approximate surface area is 153 Å². The zero-order valence-corrected chi connectivity index (χ0v) is 15.1. The van der Waals surface area contributed by atoms with Crippen LogP contribution in [0, 0.1) is 17.5 Å². The predicted octanol–water partition coefficient (Wildman–Crippen LogP) is 4.86. The van der Waals surface area contributed by atoms with Gasteiger partial charge in [0.15, 0.2) is 16.8 Å². The van der Waals surface area contributed by atoms with Crippen molar-refractivity contribution >= 4 is 50.3 Å². The SMILES string of the molecule is CC(Sc1nc2cc(F)c(F)cc2[nH]1)C(=O)Nc1ccc(Br)cc1F. The van der Waals surface area contributed by atoms with Crippen molar-refractivity contribution in [1.29, 1.82) is 0 Å². The number of carbonyl (C=O) groups excluding carboxylic acids is 1. The number of aromatic nitrogens is 2. The van der Waals surface area contributed by atoms with Gasteiger partial charge in [0.25, 0.3) is 0 Å². The van der Waals surface area contributed by atoms with E-state index in [4.69, 9.17) is 0 Å². The van der Waals surface area contributed by atoms with E-state index in [1.54, 1.807) is 13.0 Å². The zero-order valence-electron chi connectivity index (χ0n) is 12.7. The Hall–Kier alpha value is -2.00. The Bertz CT molecular complexity index is 924.